The maximum atomic E-state index is 11.2. The molecule has 1 atom stereocenters. The molecule has 0 amide bonds. The standard InChI is InChI=1S/C13H28NO5Si/c1-8-13(15)19-12(2)14(3,4)10-9-11-20(16-5,17-6)18-7/h8,12H,1,9-11H2,2-7H3/q+1. The number of quaternary nitrogens is 1. The van der Waals surface area contributed by atoms with Crippen molar-refractivity contribution in [2.45, 2.75) is 25.6 Å². The molecular formula is C13H28NO5Si+. The highest BCUT2D eigenvalue weighted by molar-refractivity contribution is 6.60. The van der Waals surface area contributed by atoms with Gasteiger partial charge in [0.2, 0.25) is 6.23 Å². The van der Waals surface area contributed by atoms with E-state index in [1.807, 2.05) is 21.0 Å². The van der Waals surface area contributed by atoms with Crippen LogP contribution < -0.4 is 0 Å². The van der Waals surface area contributed by atoms with Gasteiger partial charge in [0.05, 0.1) is 20.6 Å². The van der Waals surface area contributed by atoms with Crippen molar-refractivity contribution >= 4 is 14.8 Å². The molecule has 1 unspecified atom stereocenters. The van der Waals surface area contributed by atoms with Crippen LogP contribution in [0, 0.1) is 0 Å². The van der Waals surface area contributed by atoms with E-state index in [9.17, 15) is 4.79 Å². The SMILES string of the molecule is C=CC(=O)OC(C)[N+](C)(C)CCC[Si](OC)(OC)OC. The van der Waals surface area contributed by atoms with Crippen LogP contribution in [0.25, 0.3) is 0 Å². The molecule has 0 aliphatic carbocycles. The predicted molar refractivity (Wildman–Crippen MR) is 78.9 cm³/mol. The van der Waals surface area contributed by atoms with Gasteiger partial charge in [-0.1, -0.05) is 6.58 Å². The van der Waals surface area contributed by atoms with Crippen molar-refractivity contribution in [2.24, 2.45) is 0 Å². The summed E-state index contributed by atoms with van der Waals surface area (Å²) in [6.45, 7) is 6.08. The number of nitrogens with zero attached hydrogens (tertiary/aromatic N) is 1. The third-order valence-electron chi connectivity index (χ3n) is 3.59. The van der Waals surface area contributed by atoms with Crippen LogP contribution in [0.5, 0.6) is 0 Å². The average molecular weight is 306 g/mol. The van der Waals surface area contributed by atoms with E-state index in [2.05, 4.69) is 6.58 Å². The molecule has 0 N–H and O–H groups in total. The maximum absolute atomic E-state index is 11.2. The highest BCUT2D eigenvalue weighted by Crippen LogP contribution is 2.18. The van der Waals surface area contributed by atoms with Gasteiger partial charge >= 0.3 is 14.8 Å². The first-order chi connectivity index (χ1) is 9.26. The van der Waals surface area contributed by atoms with Crippen LogP contribution in [0.15, 0.2) is 12.7 Å². The molecule has 0 radical (unpaired) electrons. The Morgan fingerprint density at radius 2 is 1.75 bits per heavy atom. The fourth-order valence-electron chi connectivity index (χ4n) is 1.80. The molecule has 20 heavy (non-hydrogen) atoms. The molecule has 0 aromatic carbocycles. The van der Waals surface area contributed by atoms with Gasteiger partial charge in [-0.3, -0.25) is 4.48 Å². The summed E-state index contributed by atoms with van der Waals surface area (Å²) in [5.41, 5.74) is 0. The topological polar surface area (TPSA) is 54.0 Å². The maximum Gasteiger partial charge on any atom is 0.500 e. The zero-order valence-electron chi connectivity index (χ0n) is 13.5. The summed E-state index contributed by atoms with van der Waals surface area (Å²) in [7, 11) is 6.31. The minimum absolute atomic E-state index is 0.246. The van der Waals surface area contributed by atoms with E-state index in [0.717, 1.165) is 19.0 Å². The highest BCUT2D eigenvalue weighted by atomic mass is 28.4. The monoisotopic (exact) mass is 306 g/mol. The van der Waals surface area contributed by atoms with E-state index in [-0.39, 0.29) is 6.23 Å². The molecule has 118 valence electrons. The van der Waals surface area contributed by atoms with Crippen LogP contribution >= 0.6 is 0 Å². The van der Waals surface area contributed by atoms with E-state index in [4.69, 9.17) is 18.0 Å². The van der Waals surface area contributed by atoms with Crippen molar-refractivity contribution in [2.75, 3.05) is 42.0 Å². The van der Waals surface area contributed by atoms with Gasteiger partial charge in [-0.05, 0) is 0 Å². The molecule has 0 saturated carbocycles. The van der Waals surface area contributed by atoms with Gasteiger partial charge in [0.15, 0.2) is 0 Å². The fourth-order valence-corrected chi connectivity index (χ4v) is 3.50. The first kappa shape index (κ1) is 19.3. The lowest BCUT2D eigenvalue weighted by Gasteiger charge is -2.35. The molecule has 0 aromatic heterocycles. The van der Waals surface area contributed by atoms with Crippen LogP contribution in [-0.2, 0) is 22.8 Å². The van der Waals surface area contributed by atoms with E-state index in [1.165, 1.54) is 6.08 Å². The molecule has 6 nitrogen and oxygen atoms in total. The summed E-state index contributed by atoms with van der Waals surface area (Å²) >= 11 is 0. The number of rotatable bonds is 10. The minimum atomic E-state index is -2.52. The summed E-state index contributed by atoms with van der Waals surface area (Å²) in [6, 6.07) is 0.723. The third-order valence-corrected chi connectivity index (χ3v) is 6.42. The number of hydrogen-bond acceptors (Lipinski definition) is 5. The molecular weight excluding hydrogens is 278 g/mol. The summed E-state index contributed by atoms with van der Waals surface area (Å²) in [6.07, 6.45) is 1.78. The van der Waals surface area contributed by atoms with Crippen LogP contribution in [0.3, 0.4) is 0 Å². The molecule has 0 saturated heterocycles. The van der Waals surface area contributed by atoms with Gasteiger partial charge in [0, 0.05) is 46.8 Å². The highest BCUT2D eigenvalue weighted by Gasteiger charge is 2.38. The predicted octanol–water partition coefficient (Wildman–Crippen LogP) is 1.41. The Kier molecular flexibility index (Phi) is 8.22. The Balaban J connectivity index is 4.40. The number of carbonyl (C=O) groups is 1. The first-order valence-corrected chi connectivity index (χ1v) is 8.51. The summed E-state index contributed by atoms with van der Waals surface area (Å²) in [4.78, 5) is 11.2. The minimum Gasteiger partial charge on any atom is -0.410 e. The Labute approximate surface area is 123 Å². The number of hydrogen-bond donors (Lipinski definition) is 0. The molecule has 0 spiro atoms. The lowest BCUT2D eigenvalue weighted by atomic mass is 10.3. The second kappa shape index (κ2) is 8.53. The number of esters is 1. The Morgan fingerprint density at radius 1 is 1.25 bits per heavy atom. The van der Waals surface area contributed by atoms with Crippen molar-refractivity contribution in [3.8, 4) is 0 Å². The summed E-state index contributed by atoms with van der Waals surface area (Å²) < 4.78 is 22.0. The molecule has 0 aliphatic heterocycles. The van der Waals surface area contributed by atoms with Crippen LogP contribution in [0.4, 0.5) is 0 Å². The molecule has 0 rings (SSSR count). The third kappa shape index (κ3) is 5.72. The van der Waals surface area contributed by atoms with Gasteiger partial charge in [-0.2, -0.15) is 0 Å². The zero-order valence-corrected chi connectivity index (χ0v) is 14.5. The second-order valence-electron chi connectivity index (χ2n) is 5.14. The van der Waals surface area contributed by atoms with E-state index < -0.39 is 14.8 Å². The van der Waals surface area contributed by atoms with Gasteiger partial charge in [0.1, 0.15) is 0 Å². The average Bonchev–Trinajstić information content (AvgIpc) is 2.43. The van der Waals surface area contributed by atoms with Crippen molar-refractivity contribution in [3.63, 3.8) is 0 Å². The fraction of sp³-hybridized carbons (Fsp3) is 0.769. The molecule has 0 fully saturated rings. The van der Waals surface area contributed by atoms with Crippen molar-refractivity contribution in [1.82, 2.24) is 0 Å². The smallest absolute Gasteiger partial charge is 0.410 e. The van der Waals surface area contributed by atoms with Gasteiger partial charge in [-0.15, -0.1) is 0 Å². The molecule has 0 aliphatic rings. The van der Waals surface area contributed by atoms with Crippen LogP contribution in [0.1, 0.15) is 13.3 Å². The lowest BCUT2D eigenvalue weighted by Crippen LogP contribution is -2.51. The molecule has 0 heterocycles. The van der Waals surface area contributed by atoms with E-state index in [0.29, 0.717) is 4.48 Å². The van der Waals surface area contributed by atoms with Crippen LogP contribution in [-0.4, -0.2) is 67.5 Å². The van der Waals surface area contributed by atoms with E-state index in [1.54, 1.807) is 21.3 Å². The Morgan fingerprint density at radius 3 is 2.15 bits per heavy atom. The normalized spacial score (nSPS) is 13.9. The van der Waals surface area contributed by atoms with E-state index >= 15 is 0 Å². The molecule has 0 bridgehead atoms. The van der Waals surface area contributed by atoms with Crippen molar-refractivity contribution in [1.29, 1.82) is 0 Å². The van der Waals surface area contributed by atoms with Crippen molar-refractivity contribution in [3.05, 3.63) is 12.7 Å². The van der Waals surface area contributed by atoms with Gasteiger partial charge < -0.3 is 18.0 Å². The molecule has 7 heteroatoms. The lowest BCUT2D eigenvalue weighted by molar-refractivity contribution is -0.932. The Hall–Kier alpha value is -0.733. The summed E-state index contributed by atoms with van der Waals surface area (Å²) in [5.74, 6) is -0.405. The zero-order chi connectivity index (χ0) is 15.8. The van der Waals surface area contributed by atoms with Gasteiger partial charge in [-0.25, -0.2) is 4.79 Å². The second-order valence-corrected chi connectivity index (χ2v) is 8.23. The first-order valence-electron chi connectivity index (χ1n) is 6.58. The van der Waals surface area contributed by atoms with Crippen LogP contribution in [0.2, 0.25) is 6.04 Å². The molecule has 0 aromatic rings. The van der Waals surface area contributed by atoms with Crippen molar-refractivity contribution < 1.29 is 27.3 Å². The van der Waals surface area contributed by atoms with Gasteiger partial charge in [0.25, 0.3) is 0 Å². The Bertz CT molecular complexity index is 310. The largest absolute Gasteiger partial charge is 0.500 e. The summed E-state index contributed by atoms with van der Waals surface area (Å²) in [5, 5.41) is 0. The number of carbonyl (C=O) groups excluding carboxylic acids is 1. The quantitative estimate of drug-likeness (QED) is 0.201. The number of ether oxygens (including phenoxy) is 1.